The Morgan fingerprint density at radius 2 is 1.78 bits per heavy atom. The first-order valence-electron chi connectivity index (χ1n) is 16.9. The van der Waals surface area contributed by atoms with Crippen molar-refractivity contribution in [3.8, 4) is 0 Å². The van der Waals surface area contributed by atoms with Crippen molar-refractivity contribution < 1.29 is 14.7 Å². The third-order valence-electron chi connectivity index (χ3n) is 9.41. The average Bonchev–Trinajstić information content (AvgIpc) is 3.77. The molecule has 3 aromatic rings. The van der Waals surface area contributed by atoms with Gasteiger partial charge in [0.15, 0.2) is 0 Å². The maximum absolute atomic E-state index is 13.1. The summed E-state index contributed by atoms with van der Waals surface area (Å²) in [5.74, 6) is 1.80. The van der Waals surface area contributed by atoms with Crippen molar-refractivity contribution in [2.24, 2.45) is 5.92 Å². The SMILES string of the molecule is C[C@H](Cc1cn(C(=O)NC(=O)CC(CSC2CCCCC2)c2ccccc2)cn1)N[C@@H](CC1CCCCC1)[C@@H](O)c1ncc[nH]1. The lowest BCUT2D eigenvalue weighted by Gasteiger charge is -2.31. The van der Waals surface area contributed by atoms with Gasteiger partial charge in [0.25, 0.3) is 0 Å². The number of nitrogens with zero attached hydrogens (tertiary/aromatic N) is 3. The summed E-state index contributed by atoms with van der Waals surface area (Å²) in [5.41, 5.74) is 1.88. The summed E-state index contributed by atoms with van der Waals surface area (Å²) < 4.78 is 1.35. The Hall–Kier alpha value is -2.95. The molecule has 0 aliphatic heterocycles. The van der Waals surface area contributed by atoms with E-state index in [1.54, 1.807) is 18.6 Å². The Morgan fingerprint density at radius 1 is 1.04 bits per heavy atom. The van der Waals surface area contributed by atoms with Gasteiger partial charge in [-0.05, 0) is 37.7 Å². The highest BCUT2D eigenvalue weighted by Gasteiger charge is 2.28. The van der Waals surface area contributed by atoms with Gasteiger partial charge in [-0.1, -0.05) is 81.7 Å². The van der Waals surface area contributed by atoms with Gasteiger partial charge in [0.1, 0.15) is 18.3 Å². The maximum atomic E-state index is 13.1. The molecule has 0 radical (unpaired) electrons. The van der Waals surface area contributed by atoms with Crippen molar-refractivity contribution in [2.45, 2.75) is 120 Å². The van der Waals surface area contributed by atoms with Crippen molar-refractivity contribution in [3.63, 3.8) is 0 Å². The average molecular weight is 635 g/mol. The highest BCUT2D eigenvalue weighted by atomic mass is 32.2. The quantitative estimate of drug-likeness (QED) is 0.159. The Bertz CT molecular complexity index is 1300. The summed E-state index contributed by atoms with van der Waals surface area (Å²) in [7, 11) is 0. The van der Waals surface area contributed by atoms with Crippen LogP contribution < -0.4 is 10.6 Å². The molecule has 4 N–H and O–H groups in total. The molecule has 1 aromatic carbocycles. The fraction of sp³-hybridized carbons (Fsp3) is 0.600. The first-order chi connectivity index (χ1) is 21.9. The lowest BCUT2D eigenvalue weighted by molar-refractivity contribution is -0.120. The van der Waals surface area contributed by atoms with E-state index in [1.807, 2.05) is 30.0 Å². The number of nitrogens with one attached hydrogen (secondary N) is 3. The largest absolute Gasteiger partial charge is 0.384 e. The van der Waals surface area contributed by atoms with Gasteiger partial charge in [0.05, 0.1) is 5.69 Å². The second-order valence-electron chi connectivity index (χ2n) is 13.1. The minimum Gasteiger partial charge on any atom is -0.384 e. The first-order valence-corrected chi connectivity index (χ1v) is 18.0. The molecule has 10 heteroatoms. The number of hydrogen-bond acceptors (Lipinski definition) is 7. The van der Waals surface area contributed by atoms with E-state index in [2.05, 4.69) is 44.6 Å². The van der Waals surface area contributed by atoms with Crippen LogP contribution in [0.1, 0.15) is 113 Å². The van der Waals surface area contributed by atoms with Crippen molar-refractivity contribution in [2.75, 3.05) is 5.75 Å². The van der Waals surface area contributed by atoms with Crippen LogP contribution in [0.4, 0.5) is 4.79 Å². The minimum atomic E-state index is -0.737. The van der Waals surface area contributed by atoms with Gasteiger partial charge < -0.3 is 15.4 Å². The second-order valence-corrected chi connectivity index (χ2v) is 14.4. The van der Waals surface area contributed by atoms with Crippen LogP contribution in [-0.4, -0.2) is 59.7 Å². The Kier molecular flexibility index (Phi) is 12.7. The van der Waals surface area contributed by atoms with E-state index in [4.69, 9.17) is 0 Å². The molecule has 2 aliphatic carbocycles. The van der Waals surface area contributed by atoms with Gasteiger partial charge in [-0.15, -0.1) is 0 Å². The molecule has 45 heavy (non-hydrogen) atoms. The first kappa shape index (κ1) is 33.4. The highest BCUT2D eigenvalue weighted by Crippen LogP contribution is 2.33. The topological polar surface area (TPSA) is 125 Å². The third kappa shape index (κ3) is 10.3. The molecule has 9 nitrogen and oxygen atoms in total. The molecule has 244 valence electrons. The van der Waals surface area contributed by atoms with E-state index in [-0.39, 0.29) is 30.3 Å². The number of aliphatic hydroxyl groups is 1. The molecule has 2 aromatic heterocycles. The van der Waals surface area contributed by atoms with Gasteiger partial charge in [-0.3, -0.25) is 14.7 Å². The van der Waals surface area contributed by atoms with Crippen LogP contribution in [-0.2, 0) is 11.2 Å². The van der Waals surface area contributed by atoms with Crippen LogP contribution in [0.5, 0.6) is 0 Å². The van der Waals surface area contributed by atoms with Crippen LogP contribution in [0.25, 0.3) is 0 Å². The van der Waals surface area contributed by atoms with Crippen molar-refractivity contribution in [1.29, 1.82) is 0 Å². The molecule has 1 unspecified atom stereocenters. The zero-order chi connectivity index (χ0) is 31.4. The van der Waals surface area contributed by atoms with Gasteiger partial charge >= 0.3 is 6.03 Å². The van der Waals surface area contributed by atoms with E-state index in [9.17, 15) is 14.7 Å². The number of H-pyrrole nitrogens is 1. The zero-order valence-electron chi connectivity index (χ0n) is 26.6. The van der Waals surface area contributed by atoms with Crippen LogP contribution >= 0.6 is 11.8 Å². The number of amides is 2. The Labute approximate surface area is 271 Å². The molecule has 0 bridgehead atoms. The molecular formula is C35H50N6O3S. The smallest absolute Gasteiger partial charge is 0.333 e. The number of imide groups is 1. The molecule has 5 rings (SSSR count). The second kappa shape index (κ2) is 17.1. The molecule has 2 heterocycles. The van der Waals surface area contributed by atoms with Crippen LogP contribution in [0.15, 0.2) is 55.2 Å². The summed E-state index contributed by atoms with van der Waals surface area (Å²) in [5, 5.41) is 18.0. The summed E-state index contributed by atoms with van der Waals surface area (Å²) in [4.78, 5) is 37.9. The predicted octanol–water partition coefficient (Wildman–Crippen LogP) is 6.52. The number of carbonyl (C=O) groups excluding carboxylic acids is 2. The molecule has 0 spiro atoms. The molecule has 2 fully saturated rings. The third-order valence-corrected chi connectivity index (χ3v) is 10.9. The number of rotatable bonds is 14. The fourth-order valence-corrected chi connectivity index (χ4v) is 8.44. The van der Waals surface area contributed by atoms with Crippen molar-refractivity contribution in [3.05, 3.63) is 72.3 Å². The van der Waals surface area contributed by atoms with Crippen molar-refractivity contribution >= 4 is 23.7 Å². The van der Waals surface area contributed by atoms with E-state index >= 15 is 0 Å². The number of aromatic nitrogens is 4. The van der Waals surface area contributed by atoms with E-state index in [0.717, 1.165) is 23.4 Å². The van der Waals surface area contributed by atoms with Crippen LogP contribution in [0.3, 0.4) is 0 Å². The zero-order valence-corrected chi connectivity index (χ0v) is 27.4. The number of hydrogen-bond donors (Lipinski definition) is 4. The number of carbonyl (C=O) groups is 2. The summed E-state index contributed by atoms with van der Waals surface area (Å²) >= 11 is 1.97. The number of imidazole rings is 2. The Morgan fingerprint density at radius 3 is 2.49 bits per heavy atom. The van der Waals surface area contributed by atoms with Crippen LogP contribution in [0, 0.1) is 5.92 Å². The monoisotopic (exact) mass is 634 g/mol. The predicted molar refractivity (Wildman–Crippen MR) is 179 cm³/mol. The lowest BCUT2D eigenvalue weighted by Crippen LogP contribution is -2.43. The maximum Gasteiger partial charge on any atom is 0.333 e. The molecule has 2 saturated carbocycles. The van der Waals surface area contributed by atoms with E-state index in [0.29, 0.717) is 23.4 Å². The fourth-order valence-electron chi connectivity index (χ4n) is 6.96. The normalized spacial score (nSPS) is 19.1. The summed E-state index contributed by atoms with van der Waals surface area (Å²) in [6.45, 7) is 2.07. The van der Waals surface area contributed by atoms with Gasteiger partial charge in [-0.2, -0.15) is 11.8 Å². The summed E-state index contributed by atoms with van der Waals surface area (Å²) in [6, 6.07) is 9.52. The molecule has 2 aliphatic rings. The molecule has 2 amide bonds. The van der Waals surface area contributed by atoms with Crippen molar-refractivity contribution in [1.82, 2.24) is 30.2 Å². The molecule has 0 saturated heterocycles. The minimum absolute atomic E-state index is 0.00420. The number of aromatic amines is 1. The highest BCUT2D eigenvalue weighted by molar-refractivity contribution is 7.99. The molecule has 4 atom stereocenters. The van der Waals surface area contributed by atoms with Gasteiger partial charge in [0.2, 0.25) is 5.91 Å². The van der Waals surface area contributed by atoms with Gasteiger partial charge in [0, 0.05) is 60.4 Å². The molecular weight excluding hydrogens is 584 g/mol. The Balaban J connectivity index is 1.14. The van der Waals surface area contributed by atoms with E-state index in [1.165, 1.54) is 75.1 Å². The summed E-state index contributed by atoms with van der Waals surface area (Å²) in [6.07, 6.45) is 20.1. The number of benzene rings is 1. The lowest BCUT2D eigenvalue weighted by atomic mass is 9.83. The van der Waals surface area contributed by atoms with E-state index < -0.39 is 12.1 Å². The van der Waals surface area contributed by atoms with Gasteiger partial charge in [-0.25, -0.2) is 14.8 Å². The number of thioether (sulfide) groups is 1. The van der Waals surface area contributed by atoms with Crippen LogP contribution in [0.2, 0.25) is 0 Å². The number of aliphatic hydroxyl groups excluding tert-OH is 1. The standard InChI is InChI=1S/C35H50N6O3S/c1-25(39-31(20-26-11-5-2-6-12-26)33(43)34-36-17-18-37-34)19-29-22-41(24-38-29)35(44)40-32(42)21-28(27-13-7-3-8-14-27)23-45-30-15-9-4-10-16-30/h3,7-8,13-14,17-18,22,24-26,28,30-31,33,39,43H,2,4-6,9-12,15-16,19-21,23H2,1H3,(H,36,37)(H,40,42,44)/t25-,28?,31+,33-/m1/s1.